The minimum atomic E-state index is -3.71. The molecule has 1 unspecified atom stereocenters. The van der Waals surface area contributed by atoms with E-state index in [9.17, 15) is 13.2 Å². The molecule has 0 amide bonds. The van der Waals surface area contributed by atoms with Crippen molar-refractivity contribution in [3.05, 3.63) is 28.8 Å². The van der Waals surface area contributed by atoms with Gasteiger partial charge in [-0.3, -0.25) is 0 Å². The quantitative estimate of drug-likeness (QED) is 0.857. The Bertz CT molecular complexity index is 553. The van der Waals surface area contributed by atoms with Crippen LogP contribution in [0.5, 0.6) is 0 Å². The average molecular weight is 293 g/mol. The van der Waals surface area contributed by atoms with Crippen LogP contribution in [-0.2, 0) is 9.84 Å². The highest BCUT2D eigenvalue weighted by Crippen LogP contribution is 2.25. The van der Waals surface area contributed by atoms with Crippen molar-refractivity contribution in [1.82, 2.24) is 0 Å². The summed E-state index contributed by atoms with van der Waals surface area (Å²) in [4.78, 5) is 10.6. The third-order valence-corrected chi connectivity index (χ3v) is 4.79. The predicted molar refractivity (Wildman–Crippen MR) is 66.7 cm³/mol. The van der Waals surface area contributed by atoms with E-state index in [4.69, 9.17) is 21.8 Å². The molecule has 0 aliphatic heterocycles. The van der Waals surface area contributed by atoms with Crippen LogP contribution >= 0.6 is 11.6 Å². The van der Waals surface area contributed by atoms with Gasteiger partial charge in [0.05, 0.1) is 21.2 Å². The highest BCUT2D eigenvalue weighted by atomic mass is 35.5. The van der Waals surface area contributed by atoms with Crippen molar-refractivity contribution in [2.45, 2.75) is 11.8 Å². The first-order chi connectivity index (χ1) is 8.27. The van der Waals surface area contributed by atoms with Gasteiger partial charge >= 0.3 is 5.97 Å². The number of carboxylic acids is 1. The number of hydrogen-bond acceptors (Lipinski definition) is 4. The van der Waals surface area contributed by atoms with Crippen LogP contribution < -0.4 is 0 Å². The Hall–Kier alpha value is -1.11. The molecule has 0 fully saturated rings. The smallest absolute Gasteiger partial charge is 0.335 e. The first-order valence-corrected chi connectivity index (χ1v) is 7.17. The Morgan fingerprint density at radius 2 is 2.06 bits per heavy atom. The number of carbonyl (C=O) groups is 1. The lowest BCUT2D eigenvalue weighted by atomic mass is 10.2. The summed E-state index contributed by atoms with van der Waals surface area (Å²) >= 11 is 5.78. The molecule has 2 N–H and O–H groups in total. The van der Waals surface area contributed by atoms with Gasteiger partial charge in [-0.05, 0) is 24.1 Å². The molecule has 1 rings (SSSR count). The lowest BCUT2D eigenvalue weighted by Crippen LogP contribution is -2.17. The Kier molecular flexibility index (Phi) is 4.72. The zero-order valence-electron chi connectivity index (χ0n) is 9.63. The molecule has 1 aromatic carbocycles. The second-order valence-electron chi connectivity index (χ2n) is 4.02. The Balaban J connectivity index is 3.23. The van der Waals surface area contributed by atoms with Crippen molar-refractivity contribution in [2.75, 3.05) is 12.4 Å². The largest absolute Gasteiger partial charge is 0.478 e. The fraction of sp³-hybridized carbons (Fsp3) is 0.364. The molecule has 0 heterocycles. The zero-order chi connectivity index (χ0) is 13.9. The summed E-state index contributed by atoms with van der Waals surface area (Å²) in [6.07, 6.45) is 0. The summed E-state index contributed by atoms with van der Waals surface area (Å²) < 4.78 is 24.0. The molecule has 100 valence electrons. The summed E-state index contributed by atoms with van der Waals surface area (Å²) in [6, 6.07) is 3.50. The zero-order valence-corrected chi connectivity index (χ0v) is 11.2. The third-order valence-electron chi connectivity index (χ3n) is 2.33. The molecule has 0 saturated carbocycles. The molecule has 18 heavy (non-hydrogen) atoms. The number of halogens is 1. The van der Waals surface area contributed by atoms with Crippen LogP contribution in [0.2, 0.25) is 5.02 Å². The first-order valence-electron chi connectivity index (χ1n) is 5.14. The number of sulfone groups is 1. The van der Waals surface area contributed by atoms with Crippen molar-refractivity contribution in [2.24, 2.45) is 5.92 Å². The molecule has 0 spiro atoms. The topological polar surface area (TPSA) is 91.7 Å². The molecule has 5 nitrogen and oxygen atoms in total. The van der Waals surface area contributed by atoms with E-state index in [0.717, 1.165) is 6.07 Å². The lowest BCUT2D eigenvalue weighted by molar-refractivity contribution is 0.0696. The van der Waals surface area contributed by atoms with E-state index < -0.39 is 21.7 Å². The second kappa shape index (κ2) is 5.69. The van der Waals surface area contributed by atoms with Crippen molar-refractivity contribution < 1.29 is 23.4 Å². The molecule has 7 heteroatoms. The van der Waals surface area contributed by atoms with Crippen LogP contribution in [-0.4, -0.2) is 37.0 Å². The summed E-state index contributed by atoms with van der Waals surface area (Å²) in [5, 5.41) is 17.7. The first kappa shape index (κ1) is 14.9. The average Bonchev–Trinajstić information content (AvgIpc) is 2.28. The minimum Gasteiger partial charge on any atom is -0.478 e. The van der Waals surface area contributed by atoms with Gasteiger partial charge in [0, 0.05) is 6.61 Å². The summed E-state index contributed by atoms with van der Waals surface area (Å²) in [6.45, 7) is 1.31. The number of aliphatic hydroxyl groups excluding tert-OH is 1. The maximum absolute atomic E-state index is 12.0. The fourth-order valence-electron chi connectivity index (χ4n) is 1.39. The van der Waals surface area contributed by atoms with Gasteiger partial charge in [-0.2, -0.15) is 0 Å². The highest BCUT2D eigenvalue weighted by Gasteiger charge is 2.22. The third kappa shape index (κ3) is 3.44. The summed E-state index contributed by atoms with van der Waals surface area (Å²) in [7, 11) is -3.71. The van der Waals surface area contributed by atoms with Crippen molar-refractivity contribution in [3.8, 4) is 0 Å². The van der Waals surface area contributed by atoms with Gasteiger partial charge in [0.15, 0.2) is 9.84 Å². The normalized spacial score (nSPS) is 13.3. The van der Waals surface area contributed by atoms with Gasteiger partial charge in [0.2, 0.25) is 0 Å². The van der Waals surface area contributed by atoms with E-state index >= 15 is 0 Å². The second-order valence-corrected chi connectivity index (χ2v) is 6.43. The van der Waals surface area contributed by atoms with Gasteiger partial charge in [-0.1, -0.05) is 18.5 Å². The highest BCUT2D eigenvalue weighted by molar-refractivity contribution is 7.91. The van der Waals surface area contributed by atoms with Crippen LogP contribution in [0.4, 0.5) is 0 Å². The molecule has 0 aliphatic rings. The van der Waals surface area contributed by atoms with E-state index in [-0.39, 0.29) is 27.8 Å². The van der Waals surface area contributed by atoms with E-state index in [2.05, 4.69) is 0 Å². The number of hydrogen-bond donors (Lipinski definition) is 2. The lowest BCUT2D eigenvalue weighted by Gasteiger charge is -2.11. The van der Waals surface area contributed by atoms with E-state index in [1.807, 2.05) is 0 Å². The van der Waals surface area contributed by atoms with Crippen LogP contribution in [0.1, 0.15) is 17.3 Å². The molecule has 0 aromatic heterocycles. The number of aromatic carboxylic acids is 1. The van der Waals surface area contributed by atoms with Gasteiger partial charge < -0.3 is 10.2 Å². The maximum Gasteiger partial charge on any atom is 0.335 e. The summed E-state index contributed by atoms with van der Waals surface area (Å²) in [5.41, 5.74) is -0.144. The molecular formula is C11H13ClO5S. The van der Waals surface area contributed by atoms with Crippen molar-refractivity contribution in [1.29, 1.82) is 0 Å². The molecule has 0 aliphatic carbocycles. The number of aliphatic hydroxyl groups is 1. The molecule has 1 atom stereocenters. The fourth-order valence-corrected chi connectivity index (χ4v) is 3.57. The molecular weight excluding hydrogens is 280 g/mol. The van der Waals surface area contributed by atoms with Crippen molar-refractivity contribution >= 4 is 27.4 Å². The molecule has 0 radical (unpaired) electrons. The van der Waals surface area contributed by atoms with Gasteiger partial charge in [-0.15, -0.1) is 0 Å². The summed E-state index contributed by atoms with van der Waals surface area (Å²) in [5.74, 6) is -1.95. The number of benzene rings is 1. The maximum atomic E-state index is 12.0. The molecule has 0 bridgehead atoms. The van der Waals surface area contributed by atoms with Crippen LogP contribution in [0.25, 0.3) is 0 Å². The standard InChI is InChI=1S/C11H13ClO5S/c1-7(5-13)6-18(16,17)10-4-8(11(14)15)2-3-9(10)12/h2-4,7,13H,5-6H2,1H3,(H,14,15). The SMILES string of the molecule is CC(CO)CS(=O)(=O)c1cc(C(=O)O)ccc1Cl. The molecule has 1 aromatic rings. The van der Waals surface area contributed by atoms with E-state index in [0.29, 0.717) is 0 Å². The Labute approximate surface area is 110 Å². The Morgan fingerprint density at radius 1 is 1.44 bits per heavy atom. The van der Waals surface area contributed by atoms with E-state index in [1.165, 1.54) is 12.1 Å². The van der Waals surface area contributed by atoms with Gasteiger partial charge in [-0.25, -0.2) is 13.2 Å². The van der Waals surface area contributed by atoms with E-state index in [1.54, 1.807) is 6.92 Å². The number of carboxylic acid groups (broad SMARTS) is 1. The molecule has 0 saturated heterocycles. The minimum absolute atomic E-state index is 0.0230. The Morgan fingerprint density at radius 3 is 2.56 bits per heavy atom. The van der Waals surface area contributed by atoms with Crippen LogP contribution in [0.3, 0.4) is 0 Å². The number of rotatable bonds is 5. The van der Waals surface area contributed by atoms with Crippen LogP contribution in [0.15, 0.2) is 23.1 Å². The monoisotopic (exact) mass is 292 g/mol. The predicted octanol–water partition coefficient (Wildman–Crippen LogP) is 1.44. The van der Waals surface area contributed by atoms with Crippen LogP contribution in [0, 0.1) is 5.92 Å². The van der Waals surface area contributed by atoms with Gasteiger partial charge in [0.25, 0.3) is 0 Å². The van der Waals surface area contributed by atoms with Crippen molar-refractivity contribution in [3.63, 3.8) is 0 Å². The van der Waals surface area contributed by atoms with Gasteiger partial charge in [0.1, 0.15) is 0 Å².